The van der Waals surface area contributed by atoms with E-state index < -0.39 is 0 Å². The van der Waals surface area contributed by atoms with E-state index in [-0.39, 0.29) is 0 Å². The molecular formula is C12H23N3O2. The van der Waals surface area contributed by atoms with Crippen LogP contribution in [0.5, 0.6) is 0 Å². The summed E-state index contributed by atoms with van der Waals surface area (Å²) in [4.78, 5) is 0. The van der Waals surface area contributed by atoms with Crippen LogP contribution < -0.4 is 5.32 Å². The molecule has 1 aromatic heterocycles. The van der Waals surface area contributed by atoms with Gasteiger partial charge >= 0.3 is 0 Å². The van der Waals surface area contributed by atoms with Gasteiger partial charge in [-0.05, 0) is 6.07 Å². The van der Waals surface area contributed by atoms with E-state index in [0.29, 0.717) is 25.9 Å². The van der Waals surface area contributed by atoms with Crippen LogP contribution in [0.3, 0.4) is 0 Å². The minimum absolute atomic E-state index is 0.484. The van der Waals surface area contributed by atoms with Crippen molar-refractivity contribution in [1.29, 1.82) is 0 Å². The Balaban J connectivity index is 2.17. The summed E-state index contributed by atoms with van der Waals surface area (Å²) in [5, 5.41) is 7.78. The zero-order chi connectivity index (χ0) is 12.5. The van der Waals surface area contributed by atoms with Crippen LogP contribution >= 0.6 is 0 Å². The number of aromatic nitrogens is 2. The zero-order valence-electron chi connectivity index (χ0n) is 11.0. The predicted molar refractivity (Wildman–Crippen MR) is 66.9 cm³/mol. The van der Waals surface area contributed by atoms with Gasteiger partial charge in [0.1, 0.15) is 0 Å². The lowest BCUT2D eigenvalue weighted by Crippen LogP contribution is -2.22. The highest BCUT2D eigenvalue weighted by Crippen LogP contribution is 1.96. The van der Waals surface area contributed by atoms with E-state index in [1.807, 2.05) is 16.9 Å². The molecule has 0 saturated carbocycles. The van der Waals surface area contributed by atoms with E-state index in [9.17, 15) is 0 Å². The molecule has 0 atom stereocenters. The average molecular weight is 241 g/mol. The third-order valence-electron chi connectivity index (χ3n) is 2.28. The van der Waals surface area contributed by atoms with Crippen LogP contribution in [-0.2, 0) is 22.6 Å². The maximum Gasteiger partial charge on any atom is 0.0762 e. The smallest absolute Gasteiger partial charge is 0.0762 e. The average Bonchev–Trinajstić information content (AvgIpc) is 2.74. The Morgan fingerprint density at radius 2 is 2.18 bits per heavy atom. The molecule has 0 radical (unpaired) electrons. The van der Waals surface area contributed by atoms with E-state index in [4.69, 9.17) is 9.47 Å². The molecule has 5 heteroatoms. The predicted octanol–water partition coefficient (Wildman–Crippen LogP) is 1.04. The Kier molecular flexibility index (Phi) is 6.84. The fourth-order valence-electron chi connectivity index (χ4n) is 1.33. The Labute approximate surface area is 103 Å². The summed E-state index contributed by atoms with van der Waals surface area (Å²) in [5.74, 6) is 0. The summed E-state index contributed by atoms with van der Waals surface area (Å²) < 4.78 is 12.2. The van der Waals surface area contributed by atoms with Gasteiger partial charge in [-0.15, -0.1) is 0 Å². The molecule has 98 valence electrons. The first-order valence-corrected chi connectivity index (χ1v) is 6.04. The molecule has 1 N–H and O–H groups in total. The van der Waals surface area contributed by atoms with Crippen molar-refractivity contribution in [3.8, 4) is 0 Å². The zero-order valence-corrected chi connectivity index (χ0v) is 11.0. The van der Waals surface area contributed by atoms with E-state index in [2.05, 4.69) is 24.3 Å². The topological polar surface area (TPSA) is 48.3 Å². The Hall–Kier alpha value is -0.910. The standard InChI is InChI=1S/C12H23N3O2/c1-11(2)13-10-12-4-5-15(14-12)6-7-17-9-8-16-3/h4-5,11,13H,6-10H2,1-3H3. The molecule has 0 bridgehead atoms. The van der Waals surface area contributed by atoms with Crippen LogP contribution in [0, 0.1) is 0 Å². The van der Waals surface area contributed by atoms with Gasteiger partial charge in [0.2, 0.25) is 0 Å². The lowest BCUT2D eigenvalue weighted by molar-refractivity contribution is 0.0653. The van der Waals surface area contributed by atoms with Crippen LogP contribution in [0.4, 0.5) is 0 Å². The van der Waals surface area contributed by atoms with Crippen molar-refractivity contribution in [1.82, 2.24) is 15.1 Å². The van der Waals surface area contributed by atoms with Gasteiger partial charge in [0, 0.05) is 25.9 Å². The molecule has 0 spiro atoms. The van der Waals surface area contributed by atoms with E-state index in [1.54, 1.807) is 7.11 Å². The van der Waals surface area contributed by atoms with Crippen LogP contribution in [0.25, 0.3) is 0 Å². The SMILES string of the molecule is COCCOCCn1ccc(CNC(C)C)n1. The summed E-state index contributed by atoms with van der Waals surface area (Å²) in [6, 6.07) is 2.52. The van der Waals surface area contributed by atoms with Crippen LogP contribution in [0.15, 0.2) is 12.3 Å². The first-order valence-electron chi connectivity index (χ1n) is 6.04. The molecule has 0 aliphatic carbocycles. The number of hydrogen-bond donors (Lipinski definition) is 1. The molecule has 17 heavy (non-hydrogen) atoms. The quantitative estimate of drug-likeness (QED) is 0.656. The molecule has 0 aromatic carbocycles. The van der Waals surface area contributed by atoms with E-state index in [0.717, 1.165) is 18.8 Å². The number of hydrogen-bond acceptors (Lipinski definition) is 4. The van der Waals surface area contributed by atoms with Gasteiger partial charge in [-0.2, -0.15) is 5.10 Å². The van der Waals surface area contributed by atoms with Crippen molar-refractivity contribution in [3.05, 3.63) is 18.0 Å². The number of methoxy groups -OCH3 is 1. The van der Waals surface area contributed by atoms with Crippen molar-refractivity contribution in [2.45, 2.75) is 33.0 Å². The van der Waals surface area contributed by atoms with E-state index >= 15 is 0 Å². The lowest BCUT2D eigenvalue weighted by Gasteiger charge is -2.05. The molecule has 0 fully saturated rings. The van der Waals surface area contributed by atoms with Crippen molar-refractivity contribution in [3.63, 3.8) is 0 Å². The second-order valence-corrected chi connectivity index (χ2v) is 4.21. The molecule has 0 aliphatic rings. The molecule has 1 heterocycles. The van der Waals surface area contributed by atoms with Gasteiger partial charge < -0.3 is 14.8 Å². The second-order valence-electron chi connectivity index (χ2n) is 4.21. The fourth-order valence-corrected chi connectivity index (χ4v) is 1.33. The Morgan fingerprint density at radius 1 is 1.35 bits per heavy atom. The summed E-state index contributed by atoms with van der Waals surface area (Å²) in [5.41, 5.74) is 1.07. The van der Waals surface area contributed by atoms with Crippen LogP contribution in [0.1, 0.15) is 19.5 Å². The number of rotatable bonds is 9. The Morgan fingerprint density at radius 3 is 2.88 bits per heavy atom. The highest BCUT2D eigenvalue weighted by molar-refractivity contribution is 4.98. The second kappa shape index (κ2) is 8.22. The van der Waals surface area contributed by atoms with Gasteiger partial charge in [0.25, 0.3) is 0 Å². The third kappa shape index (κ3) is 6.41. The molecule has 1 aromatic rings. The van der Waals surface area contributed by atoms with Crippen molar-refractivity contribution >= 4 is 0 Å². The van der Waals surface area contributed by atoms with Crippen molar-refractivity contribution in [2.24, 2.45) is 0 Å². The molecule has 1 rings (SSSR count). The highest BCUT2D eigenvalue weighted by atomic mass is 16.5. The van der Waals surface area contributed by atoms with Crippen LogP contribution in [-0.4, -0.2) is 42.8 Å². The first kappa shape index (κ1) is 14.2. The van der Waals surface area contributed by atoms with Crippen molar-refractivity contribution in [2.75, 3.05) is 26.9 Å². The van der Waals surface area contributed by atoms with Gasteiger partial charge in [-0.1, -0.05) is 13.8 Å². The molecule has 0 aliphatic heterocycles. The largest absolute Gasteiger partial charge is 0.382 e. The van der Waals surface area contributed by atoms with Gasteiger partial charge in [0.15, 0.2) is 0 Å². The van der Waals surface area contributed by atoms with Crippen molar-refractivity contribution < 1.29 is 9.47 Å². The first-order chi connectivity index (χ1) is 8.22. The third-order valence-corrected chi connectivity index (χ3v) is 2.28. The minimum Gasteiger partial charge on any atom is -0.382 e. The molecule has 0 amide bonds. The highest BCUT2D eigenvalue weighted by Gasteiger charge is 2.00. The fraction of sp³-hybridized carbons (Fsp3) is 0.750. The molecular weight excluding hydrogens is 218 g/mol. The van der Waals surface area contributed by atoms with Crippen LogP contribution in [0.2, 0.25) is 0 Å². The Bertz CT molecular complexity index is 300. The summed E-state index contributed by atoms with van der Waals surface area (Å²) >= 11 is 0. The molecule has 5 nitrogen and oxygen atoms in total. The normalized spacial score (nSPS) is 11.3. The summed E-state index contributed by atoms with van der Waals surface area (Å²) in [6.07, 6.45) is 1.98. The van der Waals surface area contributed by atoms with E-state index in [1.165, 1.54) is 0 Å². The number of ether oxygens (including phenoxy) is 2. The summed E-state index contributed by atoms with van der Waals surface area (Å²) in [7, 11) is 1.67. The molecule has 0 unspecified atom stereocenters. The summed E-state index contributed by atoms with van der Waals surface area (Å²) in [6.45, 7) is 7.80. The van der Waals surface area contributed by atoms with Gasteiger partial charge in [0.05, 0.1) is 32.1 Å². The van der Waals surface area contributed by atoms with Gasteiger partial charge in [-0.25, -0.2) is 0 Å². The monoisotopic (exact) mass is 241 g/mol. The maximum atomic E-state index is 5.38. The number of nitrogens with zero attached hydrogens (tertiary/aromatic N) is 2. The lowest BCUT2D eigenvalue weighted by atomic mass is 10.3. The maximum absolute atomic E-state index is 5.38. The molecule has 0 saturated heterocycles. The van der Waals surface area contributed by atoms with Gasteiger partial charge in [-0.3, -0.25) is 4.68 Å². The number of nitrogens with one attached hydrogen (secondary N) is 1. The minimum atomic E-state index is 0.484.